The van der Waals surface area contributed by atoms with Gasteiger partial charge in [0.2, 0.25) is 5.91 Å². The van der Waals surface area contributed by atoms with E-state index < -0.39 is 0 Å². The minimum atomic E-state index is -0.192. The highest BCUT2D eigenvalue weighted by atomic mass is 16.5. The van der Waals surface area contributed by atoms with Gasteiger partial charge in [0.1, 0.15) is 11.5 Å². The number of nitrogens with one attached hydrogen (secondary N) is 2. The summed E-state index contributed by atoms with van der Waals surface area (Å²) in [7, 11) is 3.24. The van der Waals surface area contributed by atoms with Crippen LogP contribution in [0.1, 0.15) is 43.0 Å². The van der Waals surface area contributed by atoms with Crippen LogP contribution in [-0.4, -0.2) is 31.7 Å². The fourth-order valence-electron chi connectivity index (χ4n) is 3.30. The first kappa shape index (κ1) is 19.2. The molecule has 2 atom stereocenters. The molecule has 1 aliphatic carbocycles. The summed E-state index contributed by atoms with van der Waals surface area (Å²) in [6.07, 6.45) is 6.01. The number of hydrogen-bond acceptors (Lipinski definition) is 5. The summed E-state index contributed by atoms with van der Waals surface area (Å²) in [5.74, 6) is 1.98. The molecule has 1 aliphatic rings. The maximum Gasteiger partial charge on any atom is 0.234 e. The van der Waals surface area contributed by atoms with E-state index >= 15 is 0 Å². The van der Waals surface area contributed by atoms with Crippen molar-refractivity contribution in [2.45, 2.75) is 31.8 Å². The van der Waals surface area contributed by atoms with Crippen LogP contribution >= 0.6 is 0 Å². The molecule has 6 heteroatoms. The lowest BCUT2D eigenvalue weighted by Crippen LogP contribution is -2.37. The monoisotopic (exact) mass is 369 g/mol. The Morgan fingerprint density at radius 3 is 2.70 bits per heavy atom. The first-order valence-electron chi connectivity index (χ1n) is 9.27. The summed E-state index contributed by atoms with van der Waals surface area (Å²) < 4.78 is 10.7. The number of nitrogens with zero attached hydrogens (tertiary/aromatic N) is 1. The van der Waals surface area contributed by atoms with E-state index in [1.54, 1.807) is 20.4 Å². The Morgan fingerprint density at radius 1 is 1.26 bits per heavy atom. The Hall–Kier alpha value is -2.60. The van der Waals surface area contributed by atoms with E-state index in [4.69, 9.17) is 9.47 Å². The highest BCUT2D eigenvalue weighted by Gasteiger charge is 2.32. The smallest absolute Gasteiger partial charge is 0.234 e. The number of benzene rings is 1. The van der Waals surface area contributed by atoms with Crippen molar-refractivity contribution in [2.24, 2.45) is 5.92 Å². The van der Waals surface area contributed by atoms with Crippen LogP contribution in [0.2, 0.25) is 0 Å². The predicted octanol–water partition coefficient (Wildman–Crippen LogP) is 3.02. The Balaban J connectivity index is 1.60. The lowest BCUT2D eigenvalue weighted by atomic mass is 10.0. The summed E-state index contributed by atoms with van der Waals surface area (Å²) in [6, 6.07) is 9.55. The standard InChI is InChI=1S/C21H27N3O3/c1-14(18-11-17(26-2)8-9-19(18)27-3)24-20(25)13-23-21(15-6-7-15)16-5-4-10-22-12-16/h4-5,8-12,14-15,21,23H,6-7,13H2,1-3H3,(H,24,25)/t14-,21+/m0/s1. The molecule has 1 heterocycles. The number of rotatable bonds is 9. The van der Waals surface area contributed by atoms with Crippen LogP contribution < -0.4 is 20.1 Å². The molecular weight excluding hydrogens is 342 g/mol. The number of methoxy groups -OCH3 is 2. The number of carbonyl (C=O) groups excluding carboxylic acids is 1. The van der Waals surface area contributed by atoms with E-state index in [2.05, 4.69) is 21.7 Å². The molecule has 1 saturated carbocycles. The van der Waals surface area contributed by atoms with Gasteiger partial charge < -0.3 is 20.1 Å². The van der Waals surface area contributed by atoms with Crippen molar-refractivity contribution in [1.29, 1.82) is 0 Å². The first-order valence-corrected chi connectivity index (χ1v) is 9.27. The maximum absolute atomic E-state index is 12.5. The second-order valence-corrected chi connectivity index (χ2v) is 6.88. The average Bonchev–Trinajstić information content (AvgIpc) is 3.53. The maximum atomic E-state index is 12.5. The molecule has 3 rings (SSSR count). The zero-order chi connectivity index (χ0) is 19.2. The highest BCUT2D eigenvalue weighted by Crippen LogP contribution is 2.40. The third-order valence-electron chi connectivity index (χ3n) is 4.90. The summed E-state index contributed by atoms with van der Waals surface area (Å²) in [5, 5.41) is 6.43. The molecule has 0 radical (unpaired) electrons. The summed E-state index contributed by atoms with van der Waals surface area (Å²) >= 11 is 0. The zero-order valence-corrected chi connectivity index (χ0v) is 16.1. The van der Waals surface area contributed by atoms with Gasteiger partial charge in [0.25, 0.3) is 0 Å². The fourth-order valence-corrected chi connectivity index (χ4v) is 3.30. The van der Waals surface area contributed by atoms with Gasteiger partial charge in [-0.05, 0) is 55.5 Å². The van der Waals surface area contributed by atoms with Gasteiger partial charge in [0.15, 0.2) is 0 Å². The van der Waals surface area contributed by atoms with Gasteiger partial charge in [-0.2, -0.15) is 0 Å². The fraction of sp³-hybridized carbons (Fsp3) is 0.429. The Kier molecular flexibility index (Phi) is 6.29. The molecule has 0 bridgehead atoms. The first-order chi connectivity index (χ1) is 13.1. The van der Waals surface area contributed by atoms with Gasteiger partial charge in [-0.3, -0.25) is 9.78 Å². The van der Waals surface area contributed by atoms with Crippen LogP contribution in [0.25, 0.3) is 0 Å². The molecule has 0 saturated heterocycles. The largest absolute Gasteiger partial charge is 0.497 e. The van der Waals surface area contributed by atoms with Gasteiger partial charge in [-0.15, -0.1) is 0 Å². The number of hydrogen-bond donors (Lipinski definition) is 2. The van der Waals surface area contributed by atoms with Gasteiger partial charge in [0, 0.05) is 24.0 Å². The normalized spacial score (nSPS) is 15.7. The Bertz CT molecular complexity index is 763. The van der Waals surface area contributed by atoms with Crippen molar-refractivity contribution in [3.63, 3.8) is 0 Å². The molecule has 2 aromatic rings. The van der Waals surface area contributed by atoms with E-state index in [0.717, 1.165) is 22.6 Å². The van der Waals surface area contributed by atoms with E-state index in [1.807, 2.05) is 37.4 Å². The highest BCUT2D eigenvalue weighted by molar-refractivity contribution is 5.78. The molecule has 0 unspecified atom stereocenters. The number of aromatic nitrogens is 1. The van der Waals surface area contributed by atoms with Crippen molar-refractivity contribution in [3.05, 3.63) is 53.9 Å². The average molecular weight is 369 g/mol. The van der Waals surface area contributed by atoms with E-state index in [1.165, 1.54) is 12.8 Å². The van der Waals surface area contributed by atoms with Crippen LogP contribution in [-0.2, 0) is 4.79 Å². The van der Waals surface area contributed by atoms with Crippen molar-refractivity contribution < 1.29 is 14.3 Å². The number of carbonyl (C=O) groups is 1. The molecule has 0 spiro atoms. The quantitative estimate of drug-likeness (QED) is 0.711. The molecule has 1 fully saturated rings. The third-order valence-corrected chi connectivity index (χ3v) is 4.90. The van der Waals surface area contributed by atoms with Crippen molar-refractivity contribution in [2.75, 3.05) is 20.8 Å². The van der Waals surface area contributed by atoms with Crippen molar-refractivity contribution >= 4 is 5.91 Å². The molecule has 144 valence electrons. The topological polar surface area (TPSA) is 72.5 Å². The van der Waals surface area contributed by atoms with Crippen molar-refractivity contribution in [3.8, 4) is 11.5 Å². The molecule has 27 heavy (non-hydrogen) atoms. The zero-order valence-electron chi connectivity index (χ0n) is 16.1. The van der Waals surface area contributed by atoms with E-state index in [9.17, 15) is 4.79 Å². The molecule has 1 amide bonds. The van der Waals surface area contributed by atoms with E-state index in [0.29, 0.717) is 5.92 Å². The summed E-state index contributed by atoms with van der Waals surface area (Å²) in [6.45, 7) is 2.20. The summed E-state index contributed by atoms with van der Waals surface area (Å²) in [5.41, 5.74) is 2.02. The predicted molar refractivity (Wildman–Crippen MR) is 104 cm³/mol. The van der Waals surface area contributed by atoms with Crippen LogP contribution in [0.4, 0.5) is 0 Å². The minimum Gasteiger partial charge on any atom is -0.497 e. The van der Waals surface area contributed by atoms with Gasteiger partial charge >= 0.3 is 0 Å². The lowest BCUT2D eigenvalue weighted by Gasteiger charge is -2.21. The van der Waals surface area contributed by atoms with Crippen LogP contribution in [0.15, 0.2) is 42.7 Å². The SMILES string of the molecule is COc1ccc(OC)c([C@H](C)NC(=O)CN[C@@H](c2cccnc2)C2CC2)c1. The second kappa shape index (κ2) is 8.86. The molecule has 1 aromatic carbocycles. The molecular formula is C21H27N3O3. The Morgan fingerprint density at radius 2 is 2.07 bits per heavy atom. The van der Waals surface area contributed by atoms with E-state index in [-0.39, 0.29) is 24.5 Å². The lowest BCUT2D eigenvalue weighted by molar-refractivity contribution is -0.121. The number of amides is 1. The van der Waals surface area contributed by atoms with Crippen LogP contribution in [0.5, 0.6) is 11.5 Å². The van der Waals surface area contributed by atoms with Gasteiger partial charge in [-0.25, -0.2) is 0 Å². The Labute approximate surface area is 160 Å². The van der Waals surface area contributed by atoms with Crippen LogP contribution in [0, 0.1) is 5.92 Å². The summed E-state index contributed by atoms with van der Waals surface area (Å²) in [4.78, 5) is 16.7. The van der Waals surface area contributed by atoms with Crippen molar-refractivity contribution in [1.82, 2.24) is 15.6 Å². The molecule has 6 nitrogen and oxygen atoms in total. The molecule has 1 aromatic heterocycles. The van der Waals surface area contributed by atoms with Gasteiger partial charge in [0.05, 0.1) is 26.8 Å². The second-order valence-electron chi connectivity index (χ2n) is 6.88. The molecule has 0 aliphatic heterocycles. The number of ether oxygens (including phenoxy) is 2. The number of pyridine rings is 1. The third kappa shape index (κ3) is 4.98. The minimum absolute atomic E-state index is 0.0538. The molecule has 2 N–H and O–H groups in total. The van der Waals surface area contributed by atoms with Crippen LogP contribution in [0.3, 0.4) is 0 Å². The van der Waals surface area contributed by atoms with Gasteiger partial charge in [-0.1, -0.05) is 6.07 Å².